The molecule has 0 bridgehead atoms. The Kier molecular flexibility index (Phi) is 5.31. The first-order valence-corrected chi connectivity index (χ1v) is 5.35. The lowest BCUT2D eigenvalue weighted by Crippen LogP contribution is -2.21. The van der Waals surface area contributed by atoms with Crippen molar-refractivity contribution in [3.8, 4) is 0 Å². The number of nitrogens with one attached hydrogen (secondary N) is 1. The number of hydrogen-bond acceptors (Lipinski definition) is 1. The smallest absolute Gasteiger partial charge is 0.00140 e. The van der Waals surface area contributed by atoms with Crippen LogP contribution in [0.15, 0.2) is 30.3 Å². The SMILES string of the molecule is CC(C)CNC[CH]Cc1ccccc1. The zero-order valence-corrected chi connectivity index (χ0v) is 9.16. The Morgan fingerprint density at radius 1 is 1.21 bits per heavy atom. The van der Waals surface area contributed by atoms with Crippen molar-refractivity contribution in [2.75, 3.05) is 13.1 Å². The van der Waals surface area contributed by atoms with Crippen molar-refractivity contribution in [2.45, 2.75) is 20.3 Å². The molecule has 0 saturated carbocycles. The first-order chi connectivity index (χ1) is 6.79. The predicted molar refractivity (Wildman–Crippen MR) is 62.2 cm³/mol. The topological polar surface area (TPSA) is 12.0 Å². The van der Waals surface area contributed by atoms with Gasteiger partial charge in [-0.2, -0.15) is 0 Å². The molecule has 0 amide bonds. The summed E-state index contributed by atoms with van der Waals surface area (Å²) in [6, 6.07) is 10.6. The Hall–Kier alpha value is -0.820. The van der Waals surface area contributed by atoms with Gasteiger partial charge in [0.15, 0.2) is 0 Å². The van der Waals surface area contributed by atoms with E-state index in [2.05, 4.69) is 55.9 Å². The molecule has 0 unspecified atom stereocenters. The van der Waals surface area contributed by atoms with Gasteiger partial charge >= 0.3 is 0 Å². The normalized spacial score (nSPS) is 10.8. The van der Waals surface area contributed by atoms with Crippen molar-refractivity contribution in [1.82, 2.24) is 5.32 Å². The van der Waals surface area contributed by atoms with Gasteiger partial charge in [0.1, 0.15) is 0 Å². The first kappa shape index (κ1) is 11.3. The van der Waals surface area contributed by atoms with Gasteiger partial charge in [-0.25, -0.2) is 0 Å². The van der Waals surface area contributed by atoms with E-state index in [1.807, 2.05) is 0 Å². The second kappa shape index (κ2) is 6.61. The largest absolute Gasteiger partial charge is 0.316 e. The third-order valence-corrected chi connectivity index (χ3v) is 2.06. The van der Waals surface area contributed by atoms with Crippen LogP contribution in [0.4, 0.5) is 0 Å². The zero-order chi connectivity index (χ0) is 10.2. The van der Waals surface area contributed by atoms with E-state index in [9.17, 15) is 0 Å². The molecule has 0 fully saturated rings. The monoisotopic (exact) mass is 190 g/mol. The summed E-state index contributed by atoms with van der Waals surface area (Å²) >= 11 is 0. The maximum atomic E-state index is 3.40. The highest BCUT2D eigenvalue weighted by Gasteiger charge is 1.94. The summed E-state index contributed by atoms with van der Waals surface area (Å²) in [5, 5.41) is 3.40. The standard InChI is InChI=1S/C13H20N/c1-12(2)11-14-10-6-9-13-7-4-3-5-8-13/h3-8,12,14H,9-11H2,1-2H3. The predicted octanol–water partition coefficient (Wildman–Crippen LogP) is 2.68. The highest BCUT2D eigenvalue weighted by atomic mass is 14.8. The van der Waals surface area contributed by atoms with Gasteiger partial charge < -0.3 is 5.32 Å². The molecule has 0 aliphatic carbocycles. The Bertz CT molecular complexity index is 228. The van der Waals surface area contributed by atoms with Crippen molar-refractivity contribution in [1.29, 1.82) is 0 Å². The highest BCUT2D eigenvalue weighted by molar-refractivity contribution is 5.16. The molecule has 1 radical (unpaired) electrons. The third-order valence-electron chi connectivity index (χ3n) is 2.06. The summed E-state index contributed by atoms with van der Waals surface area (Å²) in [6.07, 6.45) is 3.35. The van der Waals surface area contributed by atoms with Crippen molar-refractivity contribution in [2.24, 2.45) is 5.92 Å². The van der Waals surface area contributed by atoms with Gasteiger partial charge in [0.25, 0.3) is 0 Å². The van der Waals surface area contributed by atoms with Crippen LogP contribution in [0.1, 0.15) is 19.4 Å². The minimum atomic E-state index is 0.736. The molecular weight excluding hydrogens is 170 g/mol. The van der Waals surface area contributed by atoms with Gasteiger partial charge in [-0.1, -0.05) is 44.2 Å². The fourth-order valence-electron chi connectivity index (χ4n) is 1.33. The lowest BCUT2D eigenvalue weighted by Gasteiger charge is -2.06. The van der Waals surface area contributed by atoms with Crippen molar-refractivity contribution >= 4 is 0 Å². The van der Waals surface area contributed by atoms with Crippen LogP contribution < -0.4 is 5.32 Å². The Balaban J connectivity index is 2.05. The van der Waals surface area contributed by atoms with Gasteiger partial charge in [0, 0.05) is 0 Å². The minimum absolute atomic E-state index is 0.736. The van der Waals surface area contributed by atoms with Crippen LogP contribution in [0.5, 0.6) is 0 Å². The molecule has 14 heavy (non-hydrogen) atoms. The van der Waals surface area contributed by atoms with Crippen LogP contribution in [0.2, 0.25) is 0 Å². The Labute approximate surface area is 87.5 Å². The van der Waals surface area contributed by atoms with E-state index in [-0.39, 0.29) is 0 Å². The summed E-state index contributed by atoms with van der Waals surface area (Å²) in [4.78, 5) is 0. The molecule has 1 aromatic carbocycles. The maximum absolute atomic E-state index is 3.40. The van der Waals surface area contributed by atoms with Crippen LogP contribution in [-0.2, 0) is 6.42 Å². The zero-order valence-electron chi connectivity index (χ0n) is 9.16. The third kappa shape index (κ3) is 5.03. The minimum Gasteiger partial charge on any atom is -0.316 e. The van der Waals surface area contributed by atoms with Crippen LogP contribution in [-0.4, -0.2) is 13.1 Å². The number of benzene rings is 1. The summed E-state index contributed by atoms with van der Waals surface area (Å²) < 4.78 is 0. The molecule has 0 aliphatic heterocycles. The quantitative estimate of drug-likeness (QED) is 0.680. The molecule has 1 N–H and O–H groups in total. The van der Waals surface area contributed by atoms with E-state index in [0.29, 0.717) is 0 Å². The number of rotatable bonds is 6. The number of hydrogen-bond donors (Lipinski definition) is 1. The van der Waals surface area contributed by atoms with E-state index < -0.39 is 0 Å². The average molecular weight is 190 g/mol. The Morgan fingerprint density at radius 3 is 2.57 bits per heavy atom. The van der Waals surface area contributed by atoms with Crippen LogP contribution in [0, 0.1) is 12.3 Å². The molecule has 0 aliphatic rings. The van der Waals surface area contributed by atoms with Gasteiger partial charge in [-0.3, -0.25) is 0 Å². The van der Waals surface area contributed by atoms with E-state index in [4.69, 9.17) is 0 Å². The van der Waals surface area contributed by atoms with Crippen molar-refractivity contribution in [3.05, 3.63) is 42.3 Å². The molecule has 0 atom stereocenters. The molecule has 0 spiro atoms. The van der Waals surface area contributed by atoms with Gasteiger partial charge in [-0.05, 0) is 37.4 Å². The fraction of sp³-hybridized carbons (Fsp3) is 0.462. The summed E-state index contributed by atoms with van der Waals surface area (Å²) in [5.74, 6) is 0.736. The lowest BCUT2D eigenvalue weighted by molar-refractivity contribution is 0.568. The average Bonchev–Trinajstić information content (AvgIpc) is 2.18. The van der Waals surface area contributed by atoms with Gasteiger partial charge in [-0.15, -0.1) is 0 Å². The molecule has 0 aromatic heterocycles. The Morgan fingerprint density at radius 2 is 1.93 bits per heavy atom. The van der Waals surface area contributed by atoms with E-state index in [1.165, 1.54) is 5.56 Å². The van der Waals surface area contributed by atoms with Gasteiger partial charge in [0.2, 0.25) is 0 Å². The molecule has 1 rings (SSSR count). The fourth-order valence-corrected chi connectivity index (χ4v) is 1.33. The van der Waals surface area contributed by atoms with Crippen molar-refractivity contribution in [3.63, 3.8) is 0 Å². The molecule has 77 valence electrons. The highest BCUT2D eigenvalue weighted by Crippen LogP contribution is 2.00. The van der Waals surface area contributed by atoms with E-state index in [1.54, 1.807) is 0 Å². The van der Waals surface area contributed by atoms with Gasteiger partial charge in [0.05, 0.1) is 0 Å². The van der Waals surface area contributed by atoms with Crippen LogP contribution in [0.25, 0.3) is 0 Å². The summed E-state index contributed by atoms with van der Waals surface area (Å²) in [5.41, 5.74) is 1.39. The lowest BCUT2D eigenvalue weighted by atomic mass is 10.1. The summed E-state index contributed by atoms with van der Waals surface area (Å²) in [6.45, 7) is 6.56. The molecule has 1 aromatic rings. The van der Waals surface area contributed by atoms with E-state index >= 15 is 0 Å². The summed E-state index contributed by atoms with van der Waals surface area (Å²) in [7, 11) is 0. The van der Waals surface area contributed by atoms with E-state index in [0.717, 1.165) is 25.4 Å². The second-order valence-corrected chi connectivity index (χ2v) is 4.03. The van der Waals surface area contributed by atoms with Crippen LogP contribution in [0.3, 0.4) is 0 Å². The van der Waals surface area contributed by atoms with Crippen molar-refractivity contribution < 1.29 is 0 Å². The molecule has 0 saturated heterocycles. The first-order valence-electron chi connectivity index (χ1n) is 5.35. The van der Waals surface area contributed by atoms with Crippen LogP contribution >= 0.6 is 0 Å². The molecule has 1 nitrogen and oxygen atoms in total. The second-order valence-electron chi connectivity index (χ2n) is 4.03. The maximum Gasteiger partial charge on any atom is -0.00140 e. The molecular formula is C13H20N. The molecule has 1 heteroatoms. The molecule has 0 heterocycles.